The van der Waals surface area contributed by atoms with E-state index in [0.29, 0.717) is 5.56 Å². The number of carbonyl (C=O) groups is 2. The Morgan fingerprint density at radius 1 is 1.19 bits per heavy atom. The van der Waals surface area contributed by atoms with Crippen LogP contribution in [0.1, 0.15) is 28.7 Å². The monoisotopic (exact) mass is 286 g/mol. The molecular formula is C16H18N2O3. The van der Waals surface area contributed by atoms with Crippen LogP contribution in [0.3, 0.4) is 0 Å². The highest BCUT2D eigenvalue weighted by molar-refractivity contribution is 5.93. The van der Waals surface area contributed by atoms with E-state index in [1.165, 1.54) is 6.92 Å². The number of ether oxygens (including phenoxy) is 1. The zero-order valence-electron chi connectivity index (χ0n) is 12.3. The molecule has 0 aliphatic rings. The van der Waals surface area contributed by atoms with Gasteiger partial charge in [0, 0.05) is 17.1 Å². The fourth-order valence-corrected chi connectivity index (χ4v) is 2.23. The van der Waals surface area contributed by atoms with Gasteiger partial charge < -0.3 is 15.0 Å². The van der Waals surface area contributed by atoms with Crippen LogP contribution >= 0.6 is 0 Å². The number of benzene rings is 1. The van der Waals surface area contributed by atoms with Gasteiger partial charge in [-0.05, 0) is 39.0 Å². The number of rotatable bonds is 4. The summed E-state index contributed by atoms with van der Waals surface area (Å²) in [6.07, 6.45) is -0.947. The Morgan fingerprint density at radius 3 is 2.38 bits per heavy atom. The summed E-state index contributed by atoms with van der Waals surface area (Å²) in [5, 5.41) is 0. The molecule has 1 unspecified atom stereocenters. The molecule has 1 heterocycles. The molecule has 5 heteroatoms. The average Bonchev–Trinajstić information content (AvgIpc) is 2.74. The SMILES string of the molecule is Cc1cc(C(=O)OC(C)C(N)=O)c(C)n1-c1ccccc1. The van der Waals surface area contributed by atoms with Gasteiger partial charge in [0.2, 0.25) is 0 Å². The van der Waals surface area contributed by atoms with E-state index in [9.17, 15) is 9.59 Å². The van der Waals surface area contributed by atoms with E-state index in [1.807, 2.05) is 48.7 Å². The van der Waals surface area contributed by atoms with Crippen LogP contribution in [0.15, 0.2) is 36.4 Å². The minimum absolute atomic E-state index is 0.435. The van der Waals surface area contributed by atoms with Crippen molar-refractivity contribution in [3.8, 4) is 5.69 Å². The Morgan fingerprint density at radius 2 is 1.81 bits per heavy atom. The molecule has 21 heavy (non-hydrogen) atoms. The van der Waals surface area contributed by atoms with E-state index < -0.39 is 18.0 Å². The fraction of sp³-hybridized carbons (Fsp3) is 0.250. The number of hydrogen-bond donors (Lipinski definition) is 1. The van der Waals surface area contributed by atoms with Gasteiger partial charge in [0.25, 0.3) is 5.91 Å². The number of nitrogens with zero attached hydrogens (tertiary/aromatic N) is 1. The van der Waals surface area contributed by atoms with Gasteiger partial charge >= 0.3 is 5.97 Å². The minimum atomic E-state index is -0.947. The predicted molar refractivity (Wildman–Crippen MR) is 79.3 cm³/mol. The lowest BCUT2D eigenvalue weighted by Crippen LogP contribution is -2.30. The van der Waals surface area contributed by atoms with Crippen LogP contribution in [0, 0.1) is 13.8 Å². The predicted octanol–water partition coefficient (Wildman–Crippen LogP) is 2.12. The number of aryl methyl sites for hydroxylation is 1. The summed E-state index contributed by atoms with van der Waals surface area (Å²) < 4.78 is 7.02. The topological polar surface area (TPSA) is 74.3 Å². The van der Waals surface area contributed by atoms with Crippen molar-refractivity contribution < 1.29 is 14.3 Å². The Kier molecular flexibility index (Phi) is 4.12. The zero-order valence-corrected chi connectivity index (χ0v) is 12.3. The minimum Gasteiger partial charge on any atom is -0.449 e. The van der Waals surface area contributed by atoms with Crippen molar-refractivity contribution in [3.05, 3.63) is 53.3 Å². The van der Waals surface area contributed by atoms with E-state index in [2.05, 4.69) is 0 Å². The van der Waals surface area contributed by atoms with Gasteiger partial charge in [-0.15, -0.1) is 0 Å². The summed E-state index contributed by atoms with van der Waals surface area (Å²) in [7, 11) is 0. The molecule has 0 saturated carbocycles. The smallest absolute Gasteiger partial charge is 0.340 e. The number of amides is 1. The van der Waals surface area contributed by atoms with Crippen molar-refractivity contribution >= 4 is 11.9 Å². The Bertz CT molecular complexity index is 674. The van der Waals surface area contributed by atoms with Crippen LogP contribution < -0.4 is 5.73 Å². The van der Waals surface area contributed by atoms with E-state index in [0.717, 1.165) is 17.1 Å². The van der Waals surface area contributed by atoms with Gasteiger partial charge in [-0.1, -0.05) is 18.2 Å². The van der Waals surface area contributed by atoms with Gasteiger partial charge in [0.1, 0.15) is 0 Å². The van der Waals surface area contributed by atoms with Crippen LogP contribution in [0.4, 0.5) is 0 Å². The molecule has 0 spiro atoms. The third-order valence-corrected chi connectivity index (χ3v) is 3.35. The molecule has 0 aliphatic carbocycles. The highest BCUT2D eigenvalue weighted by Gasteiger charge is 2.21. The molecule has 2 N–H and O–H groups in total. The molecule has 0 bridgehead atoms. The van der Waals surface area contributed by atoms with Crippen molar-refractivity contribution in [1.29, 1.82) is 0 Å². The van der Waals surface area contributed by atoms with Gasteiger partial charge in [-0.2, -0.15) is 0 Å². The molecule has 0 saturated heterocycles. The summed E-state index contributed by atoms with van der Waals surface area (Å²) in [4.78, 5) is 23.1. The number of nitrogens with two attached hydrogens (primary N) is 1. The molecule has 110 valence electrons. The van der Waals surface area contributed by atoms with Crippen molar-refractivity contribution in [3.63, 3.8) is 0 Å². The second-order valence-electron chi connectivity index (χ2n) is 4.91. The maximum Gasteiger partial charge on any atom is 0.340 e. The molecule has 2 aromatic rings. The molecule has 2 rings (SSSR count). The highest BCUT2D eigenvalue weighted by atomic mass is 16.5. The van der Waals surface area contributed by atoms with Crippen LogP contribution in [0.2, 0.25) is 0 Å². The summed E-state index contributed by atoms with van der Waals surface area (Å²) in [6, 6.07) is 11.5. The summed E-state index contributed by atoms with van der Waals surface area (Å²) in [5.41, 5.74) is 8.19. The fourth-order valence-electron chi connectivity index (χ4n) is 2.23. The van der Waals surface area contributed by atoms with Crippen LogP contribution in [-0.2, 0) is 9.53 Å². The first-order valence-corrected chi connectivity index (χ1v) is 6.66. The molecule has 1 amide bonds. The normalized spacial score (nSPS) is 12.0. The number of aromatic nitrogens is 1. The van der Waals surface area contributed by atoms with Gasteiger partial charge in [-0.25, -0.2) is 4.79 Å². The summed E-state index contributed by atoms with van der Waals surface area (Å²) in [6.45, 7) is 5.20. The number of hydrogen-bond acceptors (Lipinski definition) is 3. The Balaban J connectivity index is 2.36. The zero-order chi connectivity index (χ0) is 15.6. The third-order valence-electron chi connectivity index (χ3n) is 3.35. The lowest BCUT2D eigenvalue weighted by atomic mass is 10.2. The second-order valence-corrected chi connectivity index (χ2v) is 4.91. The first-order chi connectivity index (χ1) is 9.91. The van der Waals surface area contributed by atoms with E-state index in [1.54, 1.807) is 6.07 Å². The molecule has 5 nitrogen and oxygen atoms in total. The largest absolute Gasteiger partial charge is 0.449 e. The molecule has 0 radical (unpaired) electrons. The van der Waals surface area contributed by atoms with E-state index in [-0.39, 0.29) is 0 Å². The number of carbonyl (C=O) groups excluding carboxylic acids is 2. The average molecular weight is 286 g/mol. The van der Waals surface area contributed by atoms with E-state index >= 15 is 0 Å². The van der Waals surface area contributed by atoms with Crippen molar-refractivity contribution in [2.75, 3.05) is 0 Å². The van der Waals surface area contributed by atoms with Crippen LogP contribution in [-0.4, -0.2) is 22.5 Å². The van der Waals surface area contributed by atoms with Gasteiger partial charge in [0.05, 0.1) is 5.56 Å². The highest BCUT2D eigenvalue weighted by Crippen LogP contribution is 2.21. The molecule has 1 aromatic carbocycles. The summed E-state index contributed by atoms with van der Waals surface area (Å²) in [5.74, 6) is -1.21. The maximum atomic E-state index is 12.1. The molecule has 1 atom stereocenters. The molecule has 0 fully saturated rings. The first-order valence-electron chi connectivity index (χ1n) is 6.66. The van der Waals surface area contributed by atoms with Crippen LogP contribution in [0.25, 0.3) is 5.69 Å². The lowest BCUT2D eigenvalue weighted by molar-refractivity contribution is -0.125. The quantitative estimate of drug-likeness (QED) is 0.875. The first kappa shape index (κ1) is 14.8. The molecular weight excluding hydrogens is 268 g/mol. The number of esters is 1. The van der Waals surface area contributed by atoms with E-state index in [4.69, 9.17) is 10.5 Å². The number of primary amides is 1. The standard InChI is InChI=1S/C16H18N2O3/c1-10-9-14(16(20)21-12(3)15(17)19)11(2)18(10)13-7-5-4-6-8-13/h4-9,12H,1-3H3,(H2,17,19). The third kappa shape index (κ3) is 2.97. The lowest BCUT2D eigenvalue weighted by Gasteiger charge is -2.11. The number of para-hydroxylation sites is 1. The Hall–Kier alpha value is -2.56. The van der Waals surface area contributed by atoms with Gasteiger partial charge in [-0.3, -0.25) is 4.79 Å². The maximum absolute atomic E-state index is 12.1. The van der Waals surface area contributed by atoms with Gasteiger partial charge in [0.15, 0.2) is 6.10 Å². The Labute approximate surface area is 123 Å². The van der Waals surface area contributed by atoms with Crippen molar-refractivity contribution in [1.82, 2.24) is 4.57 Å². The second kappa shape index (κ2) is 5.83. The van der Waals surface area contributed by atoms with Crippen LogP contribution in [0.5, 0.6) is 0 Å². The molecule has 1 aromatic heterocycles. The summed E-state index contributed by atoms with van der Waals surface area (Å²) >= 11 is 0. The molecule has 0 aliphatic heterocycles. The van der Waals surface area contributed by atoms with Crippen molar-refractivity contribution in [2.24, 2.45) is 5.73 Å². The van der Waals surface area contributed by atoms with Crippen molar-refractivity contribution in [2.45, 2.75) is 26.9 Å².